The zero-order valence-electron chi connectivity index (χ0n) is 14.2. The maximum Gasteiger partial charge on any atom is 0.334 e. The highest BCUT2D eigenvalue weighted by molar-refractivity contribution is 5.96. The SMILES string of the molecule is COc1cc(/C=C2\C(=O)OC[C@@H]2Cc2ccc3c(c2)OCO3)ccc1O. The lowest BCUT2D eigenvalue weighted by molar-refractivity contribution is -0.135. The zero-order valence-corrected chi connectivity index (χ0v) is 14.2. The van der Waals surface area contributed by atoms with E-state index >= 15 is 0 Å². The Hall–Kier alpha value is -3.15. The molecule has 0 aromatic heterocycles. The number of phenolic OH excluding ortho intramolecular Hbond substituents is 1. The smallest absolute Gasteiger partial charge is 0.334 e. The van der Waals surface area contributed by atoms with Crippen molar-refractivity contribution in [2.45, 2.75) is 6.42 Å². The van der Waals surface area contributed by atoms with Gasteiger partial charge in [-0.1, -0.05) is 12.1 Å². The van der Waals surface area contributed by atoms with E-state index in [2.05, 4.69) is 0 Å². The minimum absolute atomic E-state index is 0.0531. The summed E-state index contributed by atoms with van der Waals surface area (Å²) in [7, 11) is 1.48. The lowest BCUT2D eigenvalue weighted by Gasteiger charge is -2.10. The molecular weight excluding hydrogens is 336 g/mol. The van der Waals surface area contributed by atoms with Crippen LogP contribution in [0.25, 0.3) is 6.08 Å². The van der Waals surface area contributed by atoms with E-state index in [1.165, 1.54) is 7.11 Å². The van der Waals surface area contributed by atoms with Gasteiger partial charge in [-0.2, -0.15) is 0 Å². The molecule has 26 heavy (non-hydrogen) atoms. The first-order valence-corrected chi connectivity index (χ1v) is 8.28. The Morgan fingerprint density at radius 3 is 2.85 bits per heavy atom. The Bertz CT molecular complexity index is 886. The van der Waals surface area contributed by atoms with Crippen LogP contribution in [0.15, 0.2) is 42.0 Å². The Labute approximate surface area is 150 Å². The standard InChI is InChI=1S/C20H18O6/c1-23-18-8-13(2-4-16(18)21)7-15-14(10-24-20(15)22)6-12-3-5-17-19(9-12)26-11-25-17/h2-5,7-9,14,21H,6,10-11H2,1H3/b15-7-/t14-/m0/s1. The summed E-state index contributed by atoms with van der Waals surface area (Å²) in [5.74, 6) is 1.50. The van der Waals surface area contributed by atoms with E-state index in [4.69, 9.17) is 18.9 Å². The number of aromatic hydroxyl groups is 1. The number of methoxy groups -OCH3 is 1. The summed E-state index contributed by atoms with van der Waals surface area (Å²) < 4.78 is 21.1. The van der Waals surface area contributed by atoms with Crippen LogP contribution in [-0.2, 0) is 16.0 Å². The molecule has 0 unspecified atom stereocenters. The van der Waals surface area contributed by atoms with Crippen LogP contribution >= 0.6 is 0 Å². The predicted octanol–water partition coefficient (Wildman–Crippen LogP) is 2.93. The molecule has 1 fully saturated rings. The van der Waals surface area contributed by atoms with Crippen molar-refractivity contribution in [3.05, 3.63) is 53.1 Å². The molecule has 2 heterocycles. The van der Waals surface area contributed by atoms with E-state index in [1.807, 2.05) is 18.2 Å². The van der Waals surface area contributed by atoms with Gasteiger partial charge < -0.3 is 24.1 Å². The maximum atomic E-state index is 12.2. The number of esters is 1. The number of carbonyl (C=O) groups excluding carboxylic acids is 1. The second-order valence-electron chi connectivity index (χ2n) is 6.22. The molecule has 1 saturated heterocycles. The third-order valence-corrected chi connectivity index (χ3v) is 4.54. The number of fused-ring (bicyclic) bond motifs is 1. The minimum atomic E-state index is -0.317. The molecule has 0 amide bonds. The molecule has 0 spiro atoms. The fraction of sp³-hybridized carbons (Fsp3) is 0.250. The lowest BCUT2D eigenvalue weighted by atomic mass is 9.92. The average molecular weight is 354 g/mol. The topological polar surface area (TPSA) is 74.2 Å². The molecule has 2 aromatic rings. The monoisotopic (exact) mass is 354 g/mol. The van der Waals surface area contributed by atoms with E-state index in [1.54, 1.807) is 24.3 Å². The Kier molecular flexibility index (Phi) is 4.16. The van der Waals surface area contributed by atoms with E-state index < -0.39 is 0 Å². The van der Waals surface area contributed by atoms with Gasteiger partial charge in [0.25, 0.3) is 0 Å². The number of phenols is 1. The van der Waals surface area contributed by atoms with Gasteiger partial charge >= 0.3 is 5.97 Å². The molecule has 6 nitrogen and oxygen atoms in total. The number of cyclic esters (lactones) is 1. The molecule has 2 aromatic carbocycles. The van der Waals surface area contributed by atoms with Crippen LogP contribution in [0.5, 0.6) is 23.0 Å². The van der Waals surface area contributed by atoms with Crippen molar-refractivity contribution < 1.29 is 28.8 Å². The number of rotatable bonds is 4. The van der Waals surface area contributed by atoms with Gasteiger partial charge in [0.05, 0.1) is 13.7 Å². The quantitative estimate of drug-likeness (QED) is 0.672. The van der Waals surface area contributed by atoms with Crippen molar-refractivity contribution >= 4 is 12.0 Å². The molecule has 6 heteroatoms. The van der Waals surface area contributed by atoms with Crippen molar-refractivity contribution in [3.63, 3.8) is 0 Å². The summed E-state index contributed by atoms with van der Waals surface area (Å²) in [6, 6.07) is 10.7. The summed E-state index contributed by atoms with van der Waals surface area (Å²) in [5.41, 5.74) is 2.42. The average Bonchev–Trinajstić information content (AvgIpc) is 3.24. The van der Waals surface area contributed by atoms with Gasteiger partial charge in [-0.3, -0.25) is 0 Å². The van der Waals surface area contributed by atoms with Gasteiger partial charge in [-0.15, -0.1) is 0 Å². The highest BCUT2D eigenvalue weighted by Gasteiger charge is 2.31. The first-order chi connectivity index (χ1) is 12.6. The molecule has 0 saturated carbocycles. The highest BCUT2D eigenvalue weighted by Crippen LogP contribution is 2.35. The van der Waals surface area contributed by atoms with Crippen molar-refractivity contribution in [3.8, 4) is 23.0 Å². The van der Waals surface area contributed by atoms with Crippen molar-refractivity contribution in [2.75, 3.05) is 20.5 Å². The van der Waals surface area contributed by atoms with Crippen LogP contribution in [0.4, 0.5) is 0 Å². The van der Waals surface area contributed by atoms with E-state index in [0.29, 0.717) is 24.4 Å². The second-order valence-corrected chi connectivity index (χ2v) is 6.22. The third kappa shape index (κ3) is 3.06. The number of carbonyl (C=O) groups is 1. The van der Waals surface area contributed by atoms with Crippen LogP contribution in [0, 0.1) is 5.92 Å². The Morgan fingerprint density at radius 1 is 1.15 bits per heavy atom. The molecule has 2 aliphatic rings. The maximum absolute atomic E-state index is 12.2. The molecule has 1 atom stereocenters. The highest BCUT2D eigenvalue weighted by atomic mass is 16.7. The van der Waals surface area contributed by atoms with Crippen LogP contribution < -0.4 is 14.2 Å². The summed E-state index contributed by atoms with van der Waals surface area (Å²) >= 11 is 0. The Morgan fingerprint density at radius 2 is 2.00 bits per heavy atom. The van der Waals surface area contributed by atoms with Gasteiger partial charge in [0.1, 0.15) is 0 Å². The molecule has 2 aliphatic heterocycles. The van der Waals surface area contributed by atoms with Crippen molar-refractivity contribution in [1.82, 2.24) is 0 Å². The molecule has 0 radical (unpaired) electrons. The van der Waals surface area contributed by atoms with E-state index in [0.717, 1.165) is 22.6 Å². The summed E-state index contributed by atoms with van der Waals surface area (Å²) in [5, 5.41) is 9.71. The van der Waals surface area contributed by atoms with E-state index in [9.17, 15) is 9.90 Å². The molecule has 1 N–H and O–H groups in total. The van der Waals surface area contributed by atoms with Crippen LogP contribution in [0.3, 0.4) is 0 Å². The molecule has 0 aliphatic carbocycles. The second kappa shape index (κ2) is 6.63. The van der Waals surface area contributed by atoms with Crippen molar-refractivity contribution in [2.24, 2.45) is 5.92 Å². The van der Waals surface area contributed by atoms with Gasteiger partial charge in [0, 0.05) is 11.5 Å². The minimum Gasteiger partial charge on any atom is -0.504 e. The molecule has 0 bridgehead atoms. The third-order valence-electron chi connectivity index (χ3n) is 4.54. The number of benzene rings is 2. The van der Waals surface area contributed by atoms with Crippen LogP contribution in [0.2, 0.25) is 0 Å². The largest absolute Gasteiger partial charge is 0.504 e. The van der Waals surface area contributed by atoms with Gasteiger partial charge in [0.15, 0.2) is 23.0 Å². The fourth-order valence-electron chi connectivity index (χ4n) is 3.18. The van der Waals surface area contributed by atoms with Gasteiger partial charge in [-0.05, 0) is 47.9 Å². The fourth-order valence-corrected chi connectivity index (χ4v) is 3.18. The van der Waals surface area contributed by atoms with Gasteiger partial charge in [0.2, 0.25) is 6.79 Å². The summed E-state index contributed by atoms with van der Waals surface area (Å²) in [6.45, 7) is 0.575. The van der Waals surface area contributed by atoms with Crippen molar-refractivity contribution in [1.29, 1.82) is 0 Å². The number of ether oxygens (including phenoxy) is 4. The zero-order chi connectivity index (χ0) is 18.1. The first kappa shape index (κ1) is 16.3. The summed E-state index contributed by atoms with van der Waals surface area (Å²) in [4.78, 5) is 12.2. The normalized spacial score (nSPS) is 19.7. The van der Waals surface area contributed by atoms with Crippen LogP contribution in [-0.4, -0.2) is 31.6 Å². The number of hydrogen-bond acceptors (Lipinski definition) is 6. The first-order valence-electron chi connectivity index (χ1n) is 8.28. The van der Waals surface area contributed by atoms with E-state index in [-0.39, 0.29) is 24.4 Å². The summed E-state index contributed by atoms with van der Waals surface area (Å²) in [6.07, 6.45) is 2.44. The lowest BCUT2D eigenvalue weighted by Crippen LogP contribution is -2.07. The Balaban J connectivity index is 1.59. The molecular formula is C20H18O6. The predicted molar refractivity (Wildman–Crippen MR) is 93.4 cm³/mol. The number of hydrogen-bond donors (Lipinski definition) is 1. The molecule has 134 valence electrons. The van der Waals surface area contributed by atoms with Gasteiger partial charge in [-0.25, -0.2) is 4.79 Å². The van der Waals surface area contributed by atoms with Crippen LogP contribution in [0.1, 0.15) is 11.1 Å². The molecule has 4 rings (SSSR count).